The standard InChI is InChI=1S/C33H49ClFN7O8S/c1-24(43)38-27(23-51-33-39-28-29(40-32(36)41-31(28)45)42(33)22-25-6-8-26(35)9-7-25)30(44)37-11-13-47-15-17-49-19-21-50-20-18-48-16-14-46-12-5-3-2-4-10-34/h6-9,27H,2-5,10-23H2,1H3,(H,37,44)(H,38,43)(H3,36,40,41,45)/t27-/m0/s1. The number of hydrogen-bond donors (Lipinski definition) is 4. The number of H-pyrrole nitrogens is 1. The lowest BCUT2D eigenvalue weighted by Crippen LogP contribution is -2.48. The highest BCUT2D eigenvalue weighted by Gasteiger charge is 2.23. The smallest absolute Gasteiger partial charge is 0.280 e. The summed E-state index contributed by atoms with van der Waals surface area (Å²) in [4.78, 5) is 48.5. The van der Waals surface area contributed by atoms with Gasteiger partial charge in [-0.3, -0.25) is 23.9 Å². The van der Waals surface area contributed by atoms with E-state index in [1.165, 1.54) is 19.1 Å². The third-order valence-corrected chi connectivity index (χ3v) is 8.46. The van der Waals surface area contributed by atoms with Crippen molar-refractivity contribution < 1.29 is 37.7 Å². The summed E-state index contributed by atoms with van der Waals surface area (Å²) in [5, 5.41) is 5.78. The molecule has 18 heteroatoms. The molecule has 0 saturated heterocycles. The van der Waals surface area contributed by atoms with E-state index in [0.29, 0.717) is 63.9 Å². The maximum absolute atomic E-state index is 13.5. The van der Waals surface area contributed by atoms with Gasteiger partial charge in [-0.15, -0.1) is 11.6 Å². The zero-order valence-electron chi connectivity index (χ0n) is 29.0. The van der Waals surface area contributed by atoms with Crippen molar-refractivity contribution in [3.05, 3.63) is 46.0 Å². The van der Waals surface area contributed by atoms with E-state index in [1.807, 2.05) is 0 Å². The molecular formula is C33H49ClFN7O8S. The lowest BCUT2D eigenvalue weighted by atomic mass is 10.2. The molecule has 1 atom stereocenters. The number of carbonyl (C=O) groups excluding carboxylic acids is 2. The summed E-state index contributed by atoms with van der Waals surface area (Å²) in [5.41, 5.74) is 6.29. The molecule has 51 heavy (non-hydrogen) atoms. The van der Waals surface area contributed by atoms with E-state index in [-0.39, 0.29) is 48.4 Å². The van der Waals surface area contributed by atoms with E-state index in [4.69, 9.17) is 41.0 Å². The van der Waals surface area contributed by atoms with Crippen molar-refractivity contribution in [1.29, 1.82) is 0 Å². The minimum atomic E-state index is -0.911. The largest absolute Gasteiger partial charge is 0.379 e. The number of nitrogens with one attached hydrogen (secondary N) is 3. The second kappa shape index (κ2) is 24.8. The number of unbranched alkanes of at least 4 members (excludes halogenated alkanes) is 3. The Morgan fingerprint density at radius 2 is 1.49 bits per heavy atom. The Labute approximate surface area is 305 Å². The minimum absolute atomic E-state index is 0.0607. The van der Waals surface area contributed by atoms with E-state index in [9.17, 15) is 18.8 Å². The molecule has 0 unspecified atom stereocenters. The van der Waals surface area contributed by atoms with Gasteiger partial charge in [-0.05, 0) is 30.5 Å². The number of amides is 2. The molecule has 1 aromatic carbocycles. The molecule has 0 bridgehead atoms. The van der Waals surface area contributed by atoms with E-state index >= 15 is 0 Å². The number of thioether (sulfide) groups is 1. The summed E-state index contributed by atoms with van der Waals surface area (Å²) >= 11 is 6.81. The van der Waals surface area contributed by atoms with Gasteiger partial charge in [0.1, 0.15) is 11.9 Å². The number of imidazole rings is 1. The Balaban J connectivity index is 1.30. The first kappa shape index (κ1) is 42.1. The first-order chi connectivity index (χ1) is 24.8. The predicted octanol–water partition coefficient (Wildman–Crippen LogP) is 2.48. The first-order valence-electron chi connectivity index (χ1n) is 16.9. The quantitative estimate of drug-likeness (QED) is 0.0481. The maximum Gasteiger partial charge on any atom is 0.280 e. The number of anilines is 1. The second-order valence-electron chi connectivity index (χ2n) is 11.3. The molecule has 15 nitrogen and oxygen atoms in total. The van der Waals surface area contributed by atoms with Gasteiger partial charge in [-0.25, -0.2) is 9.37 Å². The van der Waals surface area contributed by atoms with Crippen LogP contribution in [0.4, 0.5) is 10.3 Å². The van der Waals surface area contributed by atoms with Crippen LogP contribution in [-0.2, 0) is 39.8 Å². The van der Waals surface area contributed by atoms with Crippen molar-refractivity contribution >= 4 is 52.3 Å². The van der Waals surface area contributed by atoms with Gasteiger partial charge in [0.15, 0.2) is 16.3 Å². The Morgan fingerprint density at radius 3 is 2.10 bits per heavy atom. The number of hydrogen-bond acceptors (Lipinski definition) is 12. The molecule has 3 aromatic rings. The summed E-state index contributed by atoms with van der Waals surface area (Å²) < 4.78 is 42.7. The van der Waals surface area contributed by atoms with Gasteiger partial charge in [-0.2, -0.15) is 4.98 Å². The number of halogens is 2. The monoisotopic (exact) mass is 757 g/mol. The summed E-state index contributed by atoms with van der Waals surface area (Å²) in [6, 6.07) is 4.95. The fourth-order valence-electron chi connectivity index (χ4n) is 4.62. The Hall–Kier alpha value is -3.32. The highest BCUT2D eigenvalue weighted by molar-refractivity contribution is 7.99. The highest BCUT2D eigenvalue weighted by atomic mass is 35.5. The molecule has 0 radical (unpaired) electrons. The van der Waals surface area contributed by atoms with Crippen LogP contribution in [0.15, 0.2) is 34.2 Å². The van der Waals surface area contributed by atoms with Crippen LogP contribution in [0.3, 0.4) is 0 Å². The molecule has 2 aromatic heterocycles. The number of rotatable bonds is 28. The van der Waals surface area contributed by atoms with Crippen LogP contribution in [0.2, 0.25) is 0 Å². The molecule has 0 aliphatic carbocycles. The van der Waals surface area contributed by atoms with E-state index < -0.39 is 23.4 Å². The average molecular weight is 758 g/mol. The van der Waals surface area contributed by atoms with Gasteiger partial charge < -0.3 is 40.1 Å². The number of alkyl halides is 1. The summed E-state index contributed by atoms with van der Waals surface area (Å²) in [6.45, 7) is 6.33. The Bertz CT molecular complexity index is 1510. The molecule has 0 aliphatic heterocycles. The highest BCUT2D eigenvalue weighted by Crippen LogP contribution is 2.24. The number of nitrogen functional groups attached to an aromatic ring is 1. The molecule has 2 heterocycles. The SMILES string of the molecule is CC(=O)N[C@@H](CSc1nc2c(=O)[nH]c(N)nc2n1Cc1ccc(F)cc1)C(=O)NCCOCCOCCOCCOCCOCCCCCCCl. The van der Waals surface area contributed by atoms with Gasteiger partial charge in [0.2, 0.25) is 17.8 Å². The van der Waals surface area contributed by atoms with Crippen molar-refractivity contribution in [3.8, 4) is 0 Å². The molecule has 0 aliphatic rings. The van der Waals surface area contributed by atoms with Gasteiger partial charge >= 0.3 is 0 Å². The molecule has 284 valence electrons. The van der Waals surface area contributed by atoms with Crippen LogP contribution in [0.5, 0.6) is 0 Å². The van der Waals surface area contributed by atoms with Crippen LogP contribution in [0, 0.1) is 5.82 Å². The van der Waals surface area contributed by atoms with Gasteiger partial charge in [0.05, 0.1) is 66.0 Å². The fourth-order valence-corrected chi connectivity index (χ4v) is 5.82. The second-order valence-corrected chi connectivity index (χ2v) is 12.6. The Morgan fingerprint density at radius 1 is 0.902 bits per heavy atom. The predicted molar refractivity (Wildman–Crippen MR) is 193 cm³/mol. The number of carbonyl (C=O) groups is 2. The number of aromatic nitrogens is 4. The number of benzene rings is 1. The van der Waals surface area contributed by atoms with Crippen LogP contribution in [-0.4, -0.2) is 122 Å². The van der Waals surface area contributed by atoms with Crippen LogP contribution in [0.25, 0.3) is 11.2 Å². The number of nitrogens with two attached hydrogens (primary N) is 1. The summed E-state index contributed by atoms with van der Waals surface area (Å²) in [7, 11) is 0. The Kier molecular flexibility index (Phi) is 20.5. The third kappa shape index (κ3) is 16.7. The van der Waals surface area contributed by atoms with E-state index in [0.717, 1.165) is 49.6 Å². The third-order valence-electron chi connectivity index (χ3n) is 7.12. The molecule has 0 spiro atoms. The van der Waals surface area contributed by atoms with Crippen LogP contribution >= 0.6 is 23.4 Å². The van der Waals surface area contributed by atoms with Crippen molar-refractivity contribution in [3.63, 3.8) is 0 Å². The van der Waals surface area contributed by atoms with Crippen LogP contribution in [0.1, 0.15) is 38.2 Å². The van der Waals surface area contributed by atoms with E-state index in [1.54, 1.807) is 16.7 Å². The molecule has 5 N–H and O–H groups in total. The number of aromatic amines is 1. The van der Waals surface area contributed by atoms with Crippen LogP contribution < -0.4 is 21.9 Å². The van der Waals surface area contributed by atoms with Gasteiger partial charge in [0, 0.05) is 31.7 Å². The van der Waals surface area contributed by atoms with Gasteiger partial charge in [0.25, 0.3) is 5.56 Å². The maximum atomic E-state index is 13.5. The lowest BCUT2D eigenvalue weighted by molar-refractivity contribution is -0.127. The zero-order chi connectivity index (χ0) is 36.7. The molecule has 2 amide bonds. The average Bonchev–Trinajstić information content (AvgIpc) is 3.44. The van der Waals surface area contributed by atoms with Crippen molar-refractivity contribution in [1.82, 2.24) is 30.2 Å². The lowest BCUT2D eigenvalue weighted by Gasteiger charge is -2.17. The first-order valence-corrected chi connectivity index (χ1v) is 18.4. The summed E-state index contributed by atoms with van der Waals surface area (Å²) in [6.07, 6.45) is 4.37. The van der Waals surface area contributed by atoms with Crippen molar-refractivity contribution in [2.24, 2.45) is 0 Å². The molecule has 3 rings (SSSR count). The number of ether oxygens (including phenoxy) is 5. The summed E-state index contributed by atoms with van der Waals surface area (Å²) in [5.74, 6) is -0.467. The molecule has 0 fully saturated rings. The zero-order valence-corrected chi connectivity index (χ0v) is 30.5. The normalized spacial score (nSPS) is 12.0. The molecular weight excluding hydrogens is 709 g/mol. The minimum Gasteiger partial charge on any atom is -0.379 e. The number of nitrogens with zero attached hydrogens (tertiary/aromatic N) is 3. The topological polar surface area (TPSA) is 194 Å². The number of fused-ring (bicyclic) bond motifs is 1. The fraction of sp³-hybridized carbons (Fsp3) is 0.606. The van der Waals surface area contributed by atoms with Crippen molar-refractivity contribution in [2.45, 2.75) is 50.4 Å². The van der Waals surface area contributed by atoms with Crippen molar-refractivity contribution in [2.75, 3.05) is 90.0 Å². The van der Waals surface area contributed by atoms with E-state index in [2.05, 4.69) is 25.6 Å². The molecule has 0 saturated carbocycles. The van der Waals surface area contributed by atoms with Gasteiger partial charge in [-0.1, -0.05) is 36.7 Å².